The van der Waals surface area contributed by atoms with E-state index in [9.17, 15) is 23.6 Å². The highest BCUT2D eigenvalue weighted by Gasteiger charge is 2.47. The van der Waals surface area contributed by atoms with E-state index in [0.717, 1.165) is 12.8 Å². The fourth-order valence-electron chi connectivity index (χ4n) is 4.91. The van der Waals surface area contributed by atoms with Gasteiger partial charge in [-0.05, 0) is 43.9 Å². The average molecular weight is 425 g/mol. The average Bonchev–Trinajstić information content (AvgIpc) is 3.48. The Kier molecular flexibility index (Phi) is 6.88. The largest absolute Gasteiger partial charge is 0.336 e. The molecule has 1 spiro atoms. The number of carbonyl (C=O) groups excluding carboxylic acids is 2. The molecule has 3 amide bonds. The highest BCUT2D eigenvalue weighted by Crippen LogP contribution is 2.44. The number of carbonyl (C=O) groups is 2. The van der Waals surface area contributed by atoms with Crippen LogP contribution in [-0.4, -0.2) is 47.4 Å². The molecule has 0 aromatic heterocycles. The first-order valence-electron chi connectivity index (χ1n) is 11.4. The standard InChI is InChI=1S/C22H34F2N4O2/c1-2-6-22(23,24)15-17(18(29)27-21(16-25)9-10-21)26-19(30)28-13-11-20(12-14-28)7-4-3-5-8-20/h17H,2-15H2,1H3,(H,26,30)(H,27,29). The Morgan fingerprint density at radius 2 is 1.73 bits per heavy atom. The third-order valence-corrected chi connectivity index (χ3v) is 7.08. The lowest BCUT2D eigenvalue weighted by atomic mass is 9.68. The monoisotopic (exact) mass is 424 g/mol. The van der Waals surface area contributed by atoms with Gasteiger partial charge in [-0.25, -0.2) is 13.6 Å². The molecule has 6 nitrogen and oxygen atoms in total. The molecular weight excluding hydrogens is 390 g/mol. The number of hydrogen-bond donors (Lipinski definition) is 2. The first kappa shape index (κ1) is 22.8. The van der Waals surface area contributed by atoms with E-state index < -0.39 is 35.9 Å². The number of nitriles is 1. The molecule has 1 unspecified atom stereocenters. The maximum Gasteiger partial charge on any atom is 0.318 e. The summed E-state index contributed by atoms with van der Waals surface area (Å²) < 4.78 is 28.6. The molecule has 0 radical (unpaired) electrons. The Balaban J connectivity index is 1.61. The highest BCUT2D eigenvalue weighted by atomic mass is 19.3. The van der Waals surface area contributed by atoms with Crippen LogP contribution in [0, 0.1) is 16.7 Å². The van der Waals surface area contributed by atoms with Crippen molar-refractivity contribution in [2.45, 2.75) is 101 Å². The SMILES string of the molecule is CCCC(F)(F)CC(NC(=O)N1CCC2(CCCCC2)CC1)C(=O)NC1(C#N)CC1. The molecule has 1 heterocycles. The van der Waals surface area contributed by atoms with Crippen LogP contribution in [0.5, 0.6) is 0 Å². The van der Waals surface area contributed by atoms with Crippen molar-refractivity contribution in [3.63, 3.8) is 0 Å². The van der Waals surface area contributed by atoms with Gasteiger partial charge in [-0.15, -0.1) is 0 Å². The lowest BCUT2D eigenvalue weighted by molar-refractivity contribution is -0.126. The highest BCUT2D eigenvalue weighted by molar-refractivity contribution is 5.88. The third-order valence-electron chi connectivity index (χ3n) is 7.08. The van der Waals surface area contributed by atoms with E-state index in [2.05, 4.69) is 10.6 Å². The van der Waals surface area contributed by atoms with Crippen molar-refractivity contribution < 1.29 is 18.4 Å². The molecule has 3 rings (SSSR count). The minimum absolute atomic E-state index is 0.283. The summed E-state index contributed by atoms with van der Waals surface area (Å²) in [4.78, 5) is 27.1. The topological polar surface area (TPSA) is 85.2 Å². The molecule has 1 aliphatic heterocycles. The number of likely N-dealkylation sites (tertiary alicyclic amines) is 1. The van der Waals surface area contributed by atoms with Crippen molar-refractivity contribution in [3.05, 3.63) is 0 Å². The van der Waals surface area contributed by atoms with Crippen molar-refractivity contribution in [3.8, 4) is 6.07 Å². The molecule has 2 saturated carbocycles. The van der Waals surface area contributed by atoms with Gasteiger partial charge in [0.1, 0.15) is 11.6 Å². The van der Waals surface area contributed by atoms with Crippen molar-refractivity contribution >= 4 is 11.9 Å². The molecule has 1 saturated heterocycles. The number of halogens is 2. The number of alkyl halides is 2. The minimum atomic E-state index is -3.05. The molecule has 1 atom stereocenters. The number of urea groups is 1. The Labute approximate surface area is 177 Å². The van der Waals surface area contributed by atoms with Gasteiger partial charge >= 0.3 is 6.03 Å². The number of piperidine rings is 1. The molecule has 0 aromatic rings. The number of nitrogens with one attached hydrogen (secondary N) is 2. The molecule has 2 aliphatic carbocycles. The van der Waals surface area contributed by atoms with E-state index in [-0.39, 0.29) is 12.8 Å². The maximum absolute atomic E-state index is 14.3. The van der Waals surface area contributed by atoms with Crippen molar-refractivity contribution in [1.29, 1.82) is 5.26 Å². The summed E-state index contributed by atoms with van der Waals surface area (Å²) in [6.45, 7) is 2.84. The maximum atomic E-state index is 14.3. The number of hydrogen-bond acceptors (Lipinski definition) is 3. The van der Waals surface area contributed by atoms with Gasteiger partial charge in [-0.3, -0.25) is 4.79 Å². The normalized spacial score (nSPS) is 23.3. The van der Waals surface area contributed by atoms with E-state index in [0.29, 0.717) is 31.3 Å². The van der Waals surface area contributed by atoms with Gasteiger partial charge in [-0.2, -0.15) is 5.26 Å². The first-order chi connectivity index (χ1) is 14.2. The predicted molar refractivity (Wildman–Crippen MR) is 109 cm³/mol. The lowest BCUT2D eigenvalue weighted by Gasteiger charge is -2.44. The van der Waals surface area contributed by atoms with E-state index in [1.54, 1.807) is 11.8 Å². The molecule has 2 N–H and O–H groups in total. The Bertz CT molecular complexity index is 671. The summed E-state index contributed by atoms with van der Waals surface area (Å²) in [5.74, 6) is -3.75. The van der Waals surface area contributed by atoms with Crippen LogP contribution in [-0.2, 0) is 4.79 Å². The number of nitrogens with zero attached hydrogens (tertiary/aromatic N) is 2. The van der Waals surface area contributed by atoms with Gasteiger partial charge in [0.2, 0.25) is 5.91 Å². The molecule has 3 fully saturated rings. The second kappa shape index (κ2) is 9.07. The van der Waals surface area contributed by atoms with Gasteiger partial charge < -0.3 is 15.5 Å². The van der Waals surface area contributed by atoms with Crippen molar-refractivity contribution in [2.24, 2.45) is 5.41 Å². The van der Waals surface area contributed by atoms with Crippen LogP contribution >= 0.6 is 0 Å². The zero-order valence-corrected chi connectivity index (χ0v) is 17.9. The van der Waals surface area contributed by atoms with E-state index in [4.69, 9.17) is 0 Å². The molecule has 0 bridgehead atoms. The summed E-state index contributed by atoms with van der Waals surface area (Å²) in [6, 6.07) is 0.219. The van der Waals surface area contributed by atoms with Crippen LogP contribution in [0.4, 0.5) is 13.6 Å². The van der Waals surface area contributed by atoms with Crippen molar-refractivity contribution in [1.82, 2.24) is 15.5 Å². The molecule has 0 aromatic carbocycles. The summed E-state index contributed by atoms with van der Waals surface area (Å²) in [7, 11) is 0. The van der Waals surface area contributed by atoms with Gasteiger partial charge in [0, 0.05) is 25.9 Å². The summed E-state index contributed by atoms with van der Waals surface area (Å²) >= 11 is 0. The lowest BCUT2D eigenvalue weighted by Crippen LogP contribution is -2.56. The van der Waals surface area contributed by atoms with E-state index >= 15 is 0 Å². The zero-order valence-electron chi connectivity index (χ0n) is 17.9. The van der Waals surface area contributed by atoms with E-state index in [1.807, 2.05) is 6.07 Å². The van der Waals surface area contributed by atoms with Crippen LogP contribution in [0.15, 0.2) is 0 Å². The molecular formula is C22H34F2N4O2. The molecule has 3 aliphatic rings. The van der Waals surface area contributed by atoms with Crippen LogP contribution in [0.25, 0.3) is 0 Å². The van der Waals surface area contributed by atoms with Crippen LogP contribution in [0.3, 0.4) is 0 Å². The minimum Gasteiger partial charge on any atom is -0.336 e. The Morgan fingerprint density at radius 3 is 2.27 bits per heavy atom. The number of amides is 3. The molecule has 168 valence electrons. The Morgan fingerprint density at radius 1 is 1.10 bits per heavy atom. The number of rotatable bonds is 7. The van der Waals surface area contributed by atoms with Crippen LogP contribution in [0.1, 0.15) is 84.0 Å². The van der Waals surface area contributed by atoms with Gasteiger partial charge in [0.15, 0.2) is 0 Å². The summed E-state index contributed by atoms with van der Waals surface area (Å²) in [5, 5.41) is 14.3. The third kappa shape index (κ3) is 5.61. The zero-order chi connectivity index (χ0) is 21.8. The quantitative estimate of drug-likeness (QED) is 0.645. The van der Waals surface area contributed by atoms with Crippen LogP contribution < -0.4 is 10.6 Å². The van der Waals surface area contributed by atoms with Gasteiger partial charge in [-0.1, -0.05) is 32.6 Å². The smallest absolute Gasteiger partial charge is 0.318 e. The fourth-order valence-corrected chi connectivity index (χ4v) is 4.91. The van der Waals surface area contributed by atoms with E-state index in [1.165, 1.54) is 32.1 Å². The summed E-state index contributed by atoms with van der Waals surface area (Å²) in [5.41, 5.74) is -0.635. The molecule has 8 heteroatoms. The second-order valence-electron chi connectivity index (χ2n) is 9.54. The van der Waals surface area contributed by atoms with Gasteiger partial charge in [0.25, 0.3) is 5.92 Å². The fraction of sp³-hybridized carbons (Fsp3) is 0.864. The van der Waals surface area contributed by atoms with Crippen molar-refractivity contribution in [2.75, 3.05) is 13.1 Å². The van der Waals surface area contributed by atoms with Gasteiger partial charge in [0.05, 0.1) is 6.07 Å². The first-order valence-corrected chi connectivity index (χ1v) is 11.4. The Hall–Kier alpha value is -1.91. The molecule has 30 heavy (non-hydrogen) atoms. The predicted octanol–water partition coefficient (Wildman–Crippen LogP) is 4.11. The second-order valence-corrected chi connectivity index (χ2v) is 9.54. The summed E-state index contributed by atoms with van der Waals surface area (Å²) in [6.07, 6.45) is 8.22. The van der Waals surface area contributed by atoms with Crippen LogP contribution in [0.2, 0.25) is 0 Å².